The maximum Gasteiger partial charge on any atom is 0.416 e. The van der Waals surface area contributed by atoms with Crippen LogP contribution in [0.2, 0.25) is 0 Å². The molecule has 208 valence electrons. The molecule has 0 bridgehead atoms. The maximum atomic E-state index is 13.7. The van der Waals surface area contributed by atoms with Crippen LogP contribution in [0.3, 0.4) is 0 Å². The van der Waals surface area contributed by atoms with Gasteiger partial charge in [-0.25, -0.2) is 0 Å². The molecule has 1 aliphatic carbocycles. The van der Waals surface area contributed by atoms with Crippen LogP contribution in [0.1, 0.15) is 40.5 Å². The number of alkyl halides is 4. The smallest absolute Gasteiger partial charge is 0.361 e. The second-order valence-electron chi connectivity index (χ2n) is 10.1. The molecule has 1 atom stereocenters. The summed E-state index contributed by atoms with van der Waals surface area (Å²) in [6, 6.07) is 21.6. The van der Waals surface area contributed by atoms with Gasteiger partial charge in [-0.3, -0.25) is 9.59 Å². The van der Waals surface area contributed by atoms with Gasteiger partial charge < -0.3 is 14.8 Å². The van der Waals surface area contributed by atoms with Crippen LogP contribution in [-0.4, -0.2) is 45.7 Å². The van der Waals surface area contributed by atoms with Crippen molar-refractivity contribution in [1.29, 1.82) is 0 Å². The fourth-order valence-electron chi connectivity index (χ4n) is 4.83. The third-order valence-corrected chi connectivity index (χ3v) is 7.66. The van der Waals surface area contributed by atoms with Crippen LogP contribution >= 0.6 is 11.6 Å². The number of hydrogen-bond acceptors (Lipinski definition) is 2. The molecule has 3 aromatic carbocycles. The Balaban J connectivity index is 1.35. The zero-order valence-corrected chi connectivity index (χ0v) is 22.5. The molecule has 1 aliphatic rings. The summed E-state index contributed by atoms with van der Waals surface area (Å²) in [6.45, 7) is 0.306. The summed E-state index contributed by atoms with van der Waals surface area (Å²) in [5, 5.41) is 0.135. The van der Waals surface area contributed by atoms with Crippen molar-refractivity contribution in [3.05, 3.63) is 107 Å². The van der Waals surface area contributed by atoms with Gasteiger partial charge in [0.1, 0.15) is 11.9 Å². The standard InChI is InChI=1S/C31H29ClF3N3O2/c32-29(22-6-2-1-3-7-22)30(40)38(25-14-15-25)20-28(39)37(19-21-10-12-24(13-11-21)31(33,34)35)17-16-23-18-36-27-9-5-4-8-26(23)27/h1-13,18,25,29,36H,14-17,19-20H2. The van der Waals surface area contributed by atoms with Gasteiger partial charge in [0, 0.05) is 36.2 Å². The zero-order chi connectivity index (χ0) is 28.3. The van der Waals surface area contributed by atoms with Gasteiger partial charge in [0.15, 0.2) is 0 Å². The monoisotopic (exact) mass is 567 g/mol. The number of benzene rings is 3. The van der Waals surface area contributed by atoms with Crippen LogP contribution in [0.4, 0.5) is 13.2 Å². The lowest BCUT2D eigenvalue weighted by atomic mass is 10.1. The number of rotatable bonds is 10. The van der Waals surface area contributed by atoms with Crippen molar-refractivity contribution >= 4 is 34.3 Å². The summed E-state index contributed by atoms with van der Waals surface area (Å²) in [4.78, 5) is 33.5. The van der Waals surface area contributed by atoms with E-state index in [9.17, 15) is 22.8 Å². The SMILES string of the molecule is O=C(CN(C(=O)C(Cl)c1ccccc1)C1CC1)N(CCc1c[nH]c2ccccc12)Cc1ccc(C(F)(F)F)cc1. The fourth-order valence-corrected chi connectivity index (χ4v) is 5.11. The Bertz CT molecular complexity index is 1470. The van der Waals surface area contributed by atoms with E-state index in [-0.39, 0.29) is 30.9 Å². The molecule has 1 saturated carbocycles. The van der Waals surface area contributed by atoms with Gasteiger partial charge in [-0.15, -0.1) is 11.6 Å². The first-order chi connectivity index (χ1) is 19.2. The molecule has 0 radical (unpaired) electrons. The number of fused-ring (bicyclic) bond motifs is 1. The Hall–Kier alpha value is -3.78. The predicted octanol–water partition coefficient (Wildman–Crippen LogP) is 6.73. The number of carbonyl (C=O) groups is 2. The molecule has 5 rings (SSSR count). The molecule has 1 aromatic heterocycles. The number of carbonyl (C=O) groups excluding carboxylic acids is 2. The largest absolute Gasteiger partial charge is 0.416 e. The molecule has 1 fully saturated rings. The molecule has 40 heavy (non-hydrogen) atoms. The molecule has 0 saturated heterocycles. The van der Waals surface area contributed by atoms with Gasteiger partial charge in [0.05, 0.1) is 5.56 Å². The van der Waals surface area contributed by atoms with E-state index in [1.807, 2.05) is 36.5 Å². The highest BCUT2D eigenvalue weighted by atomic mass is 35.5. The minimum absolute atomic E-state index is 0.0528. The average molecular weight is 568 g/mol. The van der Waals surface area contributed by atoms with Gasteiger partial charge in [0.25, 0.3) is 0 Å². The second kappa shape index (κ2) is 11.8. The maximum absolute atomic E-state index is 13.7. The molecule has 2 amide bonds. The minimum atomic E-state index is -4.44. The quantitative estimate of drug-likeness (QED) is 0.216. The number of para-hydroxylation sites is 1. The third kappa shape index (κ3) is 6.50. The lowest BCUT2D eigenvalue weighted by Crippen LogP contribution is -2.45. The van der Waals surface area contributed by atoms with Crippen LogP contribution in [0.5, 0.6) is 0 Å². The number of aromatic nitrogens is 1. The van der Waals surface area contributed by atoms with Crippen LogP contribution < -0.4 is 0 Å². The first-order valence-electron chi connectivity index (χ1n) is 13.2. The summed E-state index contributed by atoms with van der Waals surface area (Å²) in [6.07, 6.45) is -0.401. The van der Waals surface area contributed by atoms with Crippen LogP contribution in [0.15, 0.2) is 85.1 Å². The normalized spacial score (nSPS) is 14.2. The highest BCUT2D eigenvalue weighted by Crippen LogP contribution is 2.32. The van der Waals surface area contributed by atoms with Crippen molar-refractivity contribution in [1.82, 2.24) is 14.8 Å². The Morgan fingerprint density at radius 1 is 0.950 bits per heavy atom. The van der Waals surface area contributed by atoms with Gasteiger partial charge in [0.2, 0.25) is 11.8 Å². The van der Waals surface area contributed by atoms with E-state index >= 15 is 0 Å². The van der Waals surface area contributed by atoms with Gasteiger partial charge in [-0.1, -0.05) is 60.7 Å². The van der Waals surface area contributed by atoms with Crippen molar-refractivity contribution in [2.24, 2.45) is 0 Å². The molecule has 1 heterocycles. The lowest BCUT2D eigenvalue weighted by molar-refractivity contribution is -0.141. The predicted molar refractivity (Wildman–Crippen MR) is 149 cm³/mol. The van der Waals surface area contributed by atoms with Crippen molar-refractivity contribution in [2.45, 2.75) is 43.4 Å². The third-order valence-electron chi connectivity index (χ3n) is 7.22. The Kier molecular flexibility index (Phi) is 8.17. The molecule has 1 N–H and O–H groups in total. The first-order valence-corrected chi connectivity index (χ1v) is 13.6. The Labute approximate surface area is 235 Å². The van der Waals surface area contributed by atoms with E-state index in [4.69, 9.17) is 11.6 Å². The number of aromatic amines is 1. The Morgan fingerprint density at radius 2 is 1.62 bits per heavy atom. The summed E-state index contributed by atoms with van der Waals surface area (Å²) in [5.74, 6) is -0.605. The minimum Gasteiger partial charge on any atom is -0.361 e. The summed E-state index contributed by atoms with van der Waals surface area (Å²) < 4.78 is 39.3. The molecule has 1 unspecified atom stereocenters. The zero-order valence-electron chi connectivity index (χ0n) is 21.7. The van der Waals surface area contributed by atoms with Crippen LogP contribution in [0.25, 0.3) is 10.9 Å². The van der Waals surface area contributed by atoms with Crippen LogP contribution in [0, 0.1) is 0 Å². The fraction of sp³-hybridized carbons (Fsp3) is 0.290. The van der Waals surface area contributed by atoms with Gasteiger partial charge in [-0.2, -0.15) is 13.2 Å². The van der Waals surface area contributed by atoms with Crippen molar-refractivity contribution in [3.63, 3.8) is 0 Å². The van der Waals surface area contributed by atoms with Crippen molar-refractivity contribution < 1.29 is 22.8 Å². The molecule has 0 spiro atoms. The van der Waals surface area contributed by atoms with E-state index in [0.29, 0.717) is 24.1 Å². The molecular formula is C31H29ClF3N3O2. The van der Waals surface area contributed by atoms with E-state index in [0.717, 1.165) is 41.4 Å². The summed E-state index contributed by atoms with van der Waals surface area (Å²) >= 11 is 6.54. The number of halogens is 4. The summed E-state index contributed by atoms with van der Waals surface area (Å²) in [5.41, 5.74) is 2.50. The van der Waals surface area contributed by atoms with Crippen LogP contribution in [-0.2, 0) is 28.7 Å². The molecular weight excluding hydrogens is 539 g/mol. The Morgan fingerprint density at radius 3 is 2.30 bits per heavy atom. The number of amides is 2. The van der Waals surface area contributed by atoms with Gasteiger partial charge in [-0.05, 0) is 54.2 Å². The molecule has 4 aromatic rings. The van der Waals surface area contributed by atoms with Crippen molar-refractivity contribution in [2.75, 3.05) is 13.1 Å². The first kappa shape index (κ1) is 27.8. The number of nitrogens with zero attached hydrogens (tertiary/aromatic N) is 2. The highest BCUT2D eigenvalue weighted by molar-refractivity contribution is 6.30. The number of hydrogen-bond donors (Lipinski definition) is 1. The van der Waals surface area contributed by atoms with E-state index in [1.54, 1.807) is 34.1 Å². The number of nitrogens with one attached hydrogen (secondary N) is 1. The van der Waals surface area contributed by atoms with E-state index < -0.39 is 17.1 Å². The highest BCUT2D eigenvalue weighted by Gasteiger charge is 2.37. The van der Waals surface area contributed by atoms with Crippen molar-refractivity contribution in [3.8, 4) is 0 Å². The summed E-state index contributed by atoms with van der Waals surface area (Å²) in [7, 11) is 0. The van der Waals surface area contributed by atoms with Gasteiger partial charge >= 0.3 is 6.18 Å². The van der Waals surface area contributed by atoms with E-state index in [1.165, 1.54) is 12.1 Å². The lowest BCUT2D eigenvalue weighted by Gasteiger charge is -2.29. The van der Waals surface area contributed by atoms with E-state index in [2.05, 4.69) is 4.98 Å². The molecule has 0 aliphatic heterocycles. The second-order valence-corrected chi connectivity index (χ2v) is 10.5. The topological polar surface area (TPSA) is 56.4 Å². The number of H-pyrrole nitrogens is 1. The average Bonchev–Trinajstić information content (AvgIpc) is 3.72. The molecule has 9 heteroatoms. The molecule has 5 nitrogen and oxygen atoms in total.